The van der Waals surface area contributed by atoms with Gasteiger partial charge in [0.15, 0.2) is 0 Å². The molecule has 2 N–H and O–H groups in total. The standard InChI is InChI=1S/C22H20N4O2/c27-22(25-24-17-9-3-1-4-10-17)15-26-20-14-8-7-13-19(20)23-21(26)16-28-18-11-5-2-6-12-18/h1-14,24H,15-16H2,(H,25,27). The van der Waals surface area contributed by atoms with Gasteiger partial charge in [-0.15, -0.1) is 0 Å². The van der Waals surface area contributed by atoms with Crippen LogP contribution in [0.3, 0.4) is 0 Å². The van der Waals surface area contributed by atoms with Gasteiger partial charge in [0.05, 0.1) is 16.7 Å². The smallest absolute Gasteiger partial charge is 0.258 e. The Bertz CT molecular complexity index is 1060. The predicted octanol–water partition coefficient (Wildman–Crippen LogP) is 3.76. The summed E-state index contributed by atoms with van der Waals surface area (Å²) in [5.41, 5.74) is 8.18. The van der Waals surface area contributed by atoms with Crippen LogP contribution in [0.4, 0.5) is 5.69 Å². The first-order valence-corrected chi connectivity index (χ1v) is 9.01. The van der Waals surface area contributed by atoms with Gasteiger partial charge in [0.2, 0.25) is 0 Å². The highest BCUT2D eigenvalue weighted by Gasteiger charge is 2.14. The Morgan fingerprint density at radius 2 is 1.57 bits per heavy atom. The molecule has 140 valence electrons. The van der Waals surface area contributed by atoms with E-state index in [0.29, 0.717) is 5.82 Å². The van der Waals surface area contributed by atoms with Crippen LogP contribution in [0.25, 0.3) is 11.0 Å². The molecule has 0 saturated carbocycles. The van der Waals surface area contributed by atoms with E-state index in [1.165, 1.54) is 0 Å². The summed E-state index contributed by atoms with van der Waals surface area (Å²) in [6.07, 6.45) is 0. The summed E-state index contributed by atoms with van der Waals surface area (Å²) >= 11 is 0. The first-order valence-electron chi connectivity index (χ1n) is 9.01. The Morgan fingerprint density at radius 3 is 2.36 bits per heavy atom. The number of fused-ring (bicyclic) bond motifs is 1. The first-order chi connectivity index (χ1) is 13.8. The van der Waals surface area contributed by atoms with Crippen LogP contribution >= 0.6 is 0 Å². The molecule has 0 aliphatic heterocycles. The molecule has 6 nitrogen and oxygen atoms in total. The molecule has 0 aliphatic rings. The molecule has 3 aromatic carbocycles. The molecule has 4 aromatic rings. The van der Waals surface area contributed by atoms with Gasteiger partial charge >= 0.3 is 0 Å². The van der Waals surface area contributed by atoms with Crippen LogP contribution in [-0.4, -0.2) is 15.5 Å². The lowest BCUT2D eigenvalue weighted by molar-refractivity contribution is -0.121. The quantitative estimate of drug-likeness (QED) is 0.485. The summed E-state index contributed by atoms with van der Waals surface area (Å²) in [4.78, 5) is 17.1. The van der Waals surface area contributed by atoms with Crippen LogP contribution in [-0.2, 0) is 17.9 Å². The SMILES string of the molecule is O=C(Cn1c(COc2ccccc2)nc2ccccc21)NNc1ccccc1. The molecule has 1 heterocycles. The van der Waals surface area contributed by atoms with E-state index >= 15 is 0 Å². The Kier molecular flexibility index (Phi) is 5.20. The van der Waals surface area contributed by atoms with Crippen molar-refractivity contribution < 1.29 is 9.53 Å². The molecule has 28 heavy (non-hydrogen) atoms. The fourth-order valence-corrected chi connectivity index (χ4v) is 2.92. The van der Waals surface area contributed by atoms with Gasteiger partial charge < -0.3 is 9.30 Å². The van der Waals surface area contributed by atoms with Crippen LogP contribution in [0.1, 0.15) is 5.82 Å². The highest BCUT2D eigenvalue weighted by Crippen LogP contribution is 2.18. The highest BCUT2D eigenvalue weighted by molar-refractivity contribution is 5.81. The van der Waals surface area contributed by atoms with Gasteiger partial charge in [-0.2, -0.15) is 0 Å². The monoisotopic (exact) mass is 372 g/mol. The van der Waals surface area contributed by atoms with Gasteiger partial charge in [0, 0.05) is 0 Å². The number of amides is 1. The third kappa shape index (κ3) is 4.12. The zero-order valence-electron chi connectivity index (χ0n) is 15.2. The zero-order valence-corrected chi connectivity index (χ0v) is 15.2. The van der Waals surface area contributed by atoms with E-state index < -0.39 is 0 Å². The molecule has 1 amide bonds. The predicted molar refractivity (Wildman–Crippen MR) is 109 cm³/mol. The van der Waals surface area contributed by atoms with Crippen molar-refractivity contribution in [3.63, 3.8) is 0 Å². The number of hydrogen-bond acceptors (Lipinski definition) is 4. The van der Waals surface area contributed by atoms with E-state index in [4.69, 9.17) is 4.74 Å². The first kappa shape index (κ1) is 17.6. The number of anilines is 1. The lowest BCUT2D eigenvalue weighted by atomic mass is 10.3. The average Bonchev–Trinajstić information content (AvgIpc) is 3.10. The molecule has 0 spiro atoms. The number of ether oxygens (including phenoxy) is 1. The number of carbonyl (C=O) groups excluding carboxylic acids is 1. The summed E-state index contributed by atoms with van der Waals surface area (Å²) in [6.45, 7) is 0.409. The van der Waals surface area contributed by atoms with Crippen LogP contribution in [0.15, 0.2) is 84.9 Å². The van der Waals surface area contributed by atoms with E-state index in [1.807, 2.05) is 89.5 Å². The van der Waals surface area contributed by atoms with Crippen LogP contribution in [0.2, 0.25) is 0 Å². The fraction of sp³-hybridized carbons (Fsp3) is 0.0909. The summed E-state index contributed by atoms with van der Waals surface area (Å²) < 4.78 is 7.72. The number of benzene rings is 3. The topological polar surface area (TPSA) is 68.2 Å². The molecular formula is C22H20N4O2. The Labute approximate surface area is 162 Å². The Morgan fingerprint density at radius 1 is 0.893 bits per heavy atom. The lowest BCUT2D eigenvalue weighted by Crippen LogP contribution is -2.33. The van der Waals surface area contributed by atoms with Crippen molar-refractivity contribution >= 4 is 22.6 Å². The highest BCUT2D eigenvalue weighted by atomic mass is 16.5. The molecular weight excluding hydrogens is 352 g/mol. The normalized spacial score (nSPS) is 10.6. The van der Waals surface area contributed by atoms with Crippen LogP contribution in [0.5, 0.6) is 5.75 Å². The minimum atomic E-state index is -0.173. The molecule has 0 bridgehead atoms. The summed E-state index contributed by atoms with van der Waals surface area (Å²) in [6, 6.07) is 26.8. The maximum Gasteiger partial charge on any atom is 0.258 e. The summed E-state index contributed by atoms with van der Waals surface area (Å²) in [5.74, 6) is 1.28. The number of hydrazine groups is 1. The Balaban J connectivity index is 1.50. The van der Waals surface area contributed by atoms with Crippen molar-refractivity contribution in [3.05, 3.63) is 90.8 Å². The average molecular weight is 372 g/mol. The molecule has 4 rings (SSSR count). The molecule has 0 fully saturated rings. The molecule has 1 aromatic heterocycles. The third-order valence-electron chi connectivity index (χ3n) is 4.27. The zero-order chi connectivity index (χ0) is 19.2. The van der Waals surface area contributed by atoms with Gasteiger partial charge in [-0.3, -0.25) is 15.6 Å². The van der Waals surface area contributed by atoms with Crippen molar-refractivity contribution in [1.29, 1.82) is 0 Å². The van der Waals surface area contributed by atoms with Crippen LogP contribution < -0.4 is 15.6 Å². The maximum absolute atomic E-state index is 12.5. The summed E-state index contributed by atoms with van der Waals surface area (Å²) in [7, 11) is 0. The van der Waals surface area contributed by atoms with Gasteiger partial charge in [-0.25, -0.2) is 4.98 Å². The van der Waals surface area contributed by atoms with E-state index in [1.54, 1.807) is 0 Å². The third-order valence-corrected chi connectivity index (χ3v) is 4.27. The number of nitrogens with zero attached hydrogens (tertiary/aromatic N) is 2. The fourth-order valence-electron chi connectivity index (χ4n) is 2.92. The second kappa shape index (κ2) is 8.26. The molecule has 0 radical (unpaired) electrons. The number of nitrogens with one attached hydrogen (secondary N) is 2. The van der Waals surface area contributed by atoms with Crippen molar-refractivity contribution in [2.45, 2.75) is 13.2 Å². The van der Waals surface area contributed by atoms with Gasteiger partial charge in [-0.05, 0) is 36.4 Å². The van der Waals surface area contributed by atoms with E-state index in [0.717, 1.165) is 22.5 Å². The minimum Gasteiger partial charge on any atom is -0.486 e. The molecule has 6 heteroatoms. The Hall–Kier alpha value is -3.80. The van der Waals surface area contributed by atoms with Crippen molar-refractivity contribution in [2.75, 3.05) is 5.43 Å². The second-order valence-electron chi connectivity index (χ2n) is 6.24. The lowest BCUT2D eigenvalue weighted by Gasteiger charge is -2.12. The van der Waals surface area contributed by atoms with Gasteiger partial charge in [-0.1, -0.05) is 48.5 Å². The number of imidazole rings is 1. The molecule has 0 saturated heterocycles. The number of para-hydroxylation sites is 4. The minimum absolute atomic E-state index is 0.133. The van der Waals surface area contributed by atoms with E-state index in [9.17, 15) is 4.79 Å². The van der Waals surface area contributed by atoms with Crippen molar-refractivity contribution in [1.82, 2.24) is 15.0 Å². The number of hydrogen-bond donors (Lipinski definition) is 2. The number of carbonyl (C=O) groups is 1. The maximum atomic E-state index is 12.5. The number of rotatable bonds is 7. The van der Waals surface area contributed by atoms with E-state index in [2.05, 4.69) is 15.8 Å². The van der Waals surface area contributed by atoms with Gasteiger partial charge in [0.25, 0.3) is 5.91 Å². The second-order valence-corrected chi connectivity index (χ2v) is 6.24. The number of aromatic nitrogens is 2. The summed E-state index contributed by atoms with van der Waals surface area (Å²) in [5, 5.41) is 0. The largest absolute Gasteiger partial charge is 0.486 e. The molecule has 0 unspecified atom stereocenters. The van der Waals surface area contributed by atoms with Crippen LogP contribution in [0, 0.1) is 0 Å². The van der Waals surface area contributed by atoms with E-state index in [-0.39, 0.29) is 19.1 Å². The van der Waals surface area contributed by atoms with Crippen molar-refractivity contribution in [3.8, 4) is 5.75 Å². The molecule has 0 aliphatic carbocycles. The molecule has 0 atom stereocenters. The van der Waals surface area contributed by atoms with Crippen molar-refractivity contribution in [2.24, 2.45) is 0 Å². The van der Waals surface area contributed by atoms with Gasteiger partial charge in [0.1, 0.15) is 24.7 Å².